The van der Waals surface area contributed by atoms with Gasteiger partial charge in [0.1, 0.15) is 0 Å². The molecular weight excluding hydrogens is 274 g/mol. The molecule has 0 bridgehead atoms. The van der Waals surface area contributed by atoms with Crippen LogP contribution in [0.3, 0.4) is 0 Å². The summed E-state index contributed by atoms with van der Waals surface area (Å²) in [5, 5.41) is 6.33. The highest BCUT2D eigenvalue weighted by Crippen LogP contribution is 2.22. The third kappa shape index (κ3) is 5.96. The van der Waals surface area contributed by atoms with E-state index in [2.05, 4.69) is 54.5 Å². The molecule has 124 valence electrons. The van der Waals surface area contributed by atoms with E-state index in [4.69, 9.17) is 0 Å². The molecule has 1 aromatic carbocycles. The molecule has 0 heterocycles. The standard InChI is InChI=1S/C18H31N3O/c1-7-21(8-2)15-9-10-16(14(3)13-15)19-12-11-17(22)20-18(4,5)6/h9-10,13,19H,7-8,11-12H2,1-6H3,(H,20,22). The molecule has 0 fully saturated rings. The number of anilines is 2. The molecule has 0 spiro atoms. The van der Waals surface area contributed by atoms with Gasteiger partial charge in [0.15, 0.2) is 0 Å². The molecule has 2 N–H and O–H groups in total. The second-order valence-electron chi connectivity index (χ2n) is 6.65. The molecular formula is C18H31N3O. The van der Waals surface area contributed by atoms with Crippen molar-refractivity contribution in [1.82, 2.24) is 5.32 Å². The third-order valence-electron chi connectivity index (χ3n) is 3.52. The Morgan fingerprint density at radius 1 is 1.18 bits per heavy atom. The quantitative estimate of drug-likeness (QED) is 0.809. The first-order valence-electron chi connectivity index (χ1n) is 8.17. The van der Waals surface area contributed by atoms with Crippen molar-refractivity contribution >= 4 is 17.3 Å². The molecule has 0 aromatic heterocycles. The Morgan fingerprint density at radius 2 is 1.82 bits per heavy atom. The van der Waals surface area contributed by atoms with Crippen LogP contribution in [0.4, 0.5) is 11.4 Å². The van der Waals surface area contributed by atoms with Crippen molar-refractivity contribution in [2.75, 3.05) is 29.9 Å². The van der Waals surface area contributed by atoms with Crippen LogP contribution in [0.2, 0.25) is 0 Å². The van der Waals surface area contributed by atoms with Gasteiger partial charge in [0.2, 0.25) is 5.91 Å². The van der Waals surface area contributed by atoms with Gasteiger partial charge >= 0.3 is 0 Å². The number of benzene rings is 1. The molecule has 4 nitrogen and oxygen atoms in total. The molecule has 1 amide bonds. The van der Waals surface area contributed by atoms with Crippen LogP contribution in [0.5, 0.6) is 0 Å². The first-order chi connectivity index (χ1) is 10.3. The Kier molecular flexibility index (Phi) is 6.72. The van der Waals surface area contributed by atoms with Gasteiger partial charge in [0.05, 0.1) is 0 Å². The van der Waals surface area contributed by atoms with Crippen molar-refractivity contribution in [3.05, 3.63) is 23.8 Å². The van der Waals surface area contributed by atoms with E-state index in [0.717, 1.165) is 18.8 Å². The van der Waals surface area contributed by atoms with E-state index in [0.29, 0.717) is 13.0 Å². The van der Waals surface area contributed by atoms with Crippen molar-refractivity contribution in [2.45, 2.75) is 53.5 Å². The molecule has 0 saturated carbocycles. The average Bonchev–Trinajstić information content (AvgIpc) is 2.40. The van der Waals surface area contributed by atoms with Crippen LogP contribution in [-0.4, -0.2) is 31.1 Å². The Morgan fingerprint density at radius 3 is 2.32 bits per heavy atom. The zero-order chi connectivity index (χ0) is 16.8. The average molecular weight is 305 g/mol. The van der Waals surface area contributed by atoms with Crippen LogP contribution in [0.1, 0.15) is 46.6 Å². The lowest BCUT2D eigenvalue weighted by Crippen LogP contribution is -2.41. The van der Waals surface area contributed by atoms with Gasteiger partial charge in [-0.25, -0.2) is 0 Å². The van der Waals surface area contributed by atoms with E-state index >= 15 is 0 Å². The number of rotatable bonds is 7. The summed E-state index contributed by atoms with van der Waals surface area (Å²) in [5.74, 6) is 0.0809. The number of nitrogens with zero attached hydrogens (tertiary/aromatic N) is 1. The lowest BCUT2D eigenvalue weighted by molar-refractivity contribution is -0.122. The summed E-state index contributed by atoms with van der Waals surface area (Å²) in [7, 11) is 0. The molecule has 4 heteroatoms. The van der Waals surface area contributed by atoms with E-state index in [9.17, 15) is 4.79 Å². The molecule has 0 aliphatic heterocycles. The van der Waals surface area contributed by atoms with E-state index in [1.807, 2.05) is 20.8 Å². The summed E-state index contributed by atoms with van der Waals surface area (Å²) in [6, 6.07) is 6.44. The van der Waals surface area contributed by atoms with Crippen LogP contribution in [-0.2, 0) is 4.79 Å². The molecule has 0 radical (unpaired) electrons. The SMILES string of the molecule is CCN(CC)c1ccc(NCCC(=O)NC(C)(C)C)c(C)c1. The maximum atomic E-state index is 11.8. The Hall–Kier alpha value is -1.71. The van der Waals surface area contributed by atoms with Crippen LogP contribution in [0.15, 0.2) is 18.2 Å². The van der Waals surface area contributed by atoms with E-state index in [1.165, 1.54) is 11.3 Å². The van der Waals surface area contributed by atoms with Gasteiger partial charge in [0, 0.05) is 43.0 Å². The van der Waals surface area contributed by atoms with Crippen molar-refractivity contribution in [1.29, 1.82) is 0 Å². The third-order valence-corrected chi connectivity index (χ3v) is 3.52. The topological polar surface area (TPSA) is 44.4 Å². The molecule has 0 atom stereocenters. The molecule has 0 aliphatic rings. The summed E-state index contributed by atoms with van der Waals surface area (Å²) in [6.07, 6.45) is 0.481. The fraction of sp³-hybridized carbons (Fsp3) is 0.611. The summed E-state index contributed by atoms with van der Waals surface area (Å²) >= 11 is 0. The van der Waals surface area contributed by atoms with Crippen LogP contribution in [0, 0.1) is 6.92 Å². The number of hydrogen-bond donors (Lipinski definition) is 2. The number of carbonyl (C=O) groups is 1. The summed E-state index contributed by atoms with van der Waals surface area (Å²) in [4.78, 5) is 14.1. The van der Waals surface area contributed by atoms with Crippen molar-refractivity contribution in [3.63, 3.8) is 0 Å². The Balaban J connectivity index is 2.55. The highest BCUT2D eigenvalue weighted by atomic mass is 16.1. The number of carbonyl (C=O) groups excluding carboxylic acids is 1. The predicted molar refractivity (Wildman–Crippen MR) is 95.7 cm³/mol. The van der Waals surface area contributed by atoms with E-state index in [-0.39, 0.29) is 11.4 Å². The maximum absolute atomic E-state index is 11.8. The van der Waals surface area contributed by atoms with Gasteiger partial charge in [-0.2, -0.15) is 0 Å². The monoisotopic (exact) mass is 305 g/mol. The smallest absolute Gasteiger partial charge is 0.222 e. The normalized spacial score (nSPS) is 11.2. The van der Waals surface area contributed by atoms with E-state index in [1.54, 1.807) is 0 Å². The fourth-order valence-corrected chi connectivity index (χ4v) is 2.42. The minimum atomic E-state index is -0.168. The number of hydrogen-bond acceptors (Lipinski definition) is 3. The van der Waals surface area contributed by atoms with Gasteiger partial charge in [-0.3, -0.25) is 4.79 Å². The predicted octanol–water partition coefficient (Wildman–Crippen LogP) is 3.56. The number of amides is 1. The maximum Gasteiger partial charge on any atom is 0.222 e. The first-order valence-corrected chi connectivity index (χ1v) is 8.17. The second kappa shape index (κ2) is 8.06. The van der Waals surface area contributed by atoms with E-state index < -0.39 is 0 Å². The van der Waals surface area contributed by atoms with Gasteiger partial charge < -0.3 is 15.5 Å². The molecule has 0 saturated heterocycles. The highest BCUT2D eigenvalue weighted by molar-refractivity contribution is 5.77. The second-order valence-corrected chi connectivity index (χ2v) is 6.65. The zero-order valence-corrected chi connectivity index (χ0v) is 14.9. The van der Waals surface area contributed by atoms with Gasteiger partial charge in [-0.05, 0) is 65.3 Å². The largest absolute Gasteiger partial charge is 0.384 e. The number of nitrogens with one attached hydrogen (secondary N) is 2. The minimum absolute atomic E-state index is 0.0809. The van der Waals surface area contributed by atoms with Crippen molar-refractivity contribution < 1.29 is 4.79 Å². The molecule has 0 aliphatic carbocycles. The molecule has 22 heavy (non-hydrogen) atoms. The minimum Gasteiger partial charge on any atom is -0.384 e. The summed E-state index contributed by atoms with van der Waals surface area (Å²) in [6.45, 7) is 15.1. The van der Waals surface area contributed by atoms with Crippen molar-refractivity contribution in [2.24, 2.45) is 0 Å². The Labute approximate surface area is 135 Å². The van der Waals surface area contributed by atoms with Gasteiger partial charge in [-0.1, -0.05) is 0 Å². The summed E-state index contributed by atoms with van der Waals surface area (Å²) in [5.41, 5.74) is 3.39. The lowest BCUT2D eigenvalue weighted by atomic mass is 10.1. The van der Waals surface area contributed by atoms with Gasteiger partial charge in [-0.15, -0.1) is 0 Å². The van der Waals surface area contributed by atoms with Crippen molar-refractivity contribution in [3.8, 4) is 0 Å². The molecule has 1 rings (SSSR count). The van der Waals surface area contributed by atoms with Crippen LogP contribution < -0.4 is 15.5 Å². The molecule has 1 aromatic rings. The number of aryl methyl sites for hydroxylation is 1. The summed E-state index contributed by atoms with van der Waals surface area (Å²) < 4.78 is 0. The zero-order valence-electron chi connectivity index (χ0n) is 14.9. The molecule has 0 unspecified atom stereocenters. The van der Waals surface area contributed by atoms with Crippen LogP contribution >= 0.6 is 0 Å². The lowest BCUT2D eigenvalue weighted by Gasteiger charge is -2.22. The fourth-order valence-electron chi connectivity index (χ4n) is 2.42. The highest BCUT2D eigenvalue weighted by Gasteiger charge is 2.13. The van der Waals surface area contributed by atoms with Crippen LogP contribution in [0.25, 0.3) is 0 Å². The first kappa shape index (κ1) is 18.3. The Bertz CT molecular complexity index is 488. The van der Waals surface area contributed by atoms with Gasteiger partial charge in [0.25, 0.3) is 0 Å².